The molecule has 0 atom stereocenters. The largest absolute Gasteiger partial charge is 0.204 e. The summed E-state index contributed by atoms with van der Waals surface area (Å²) < 4.78 is 39.7. The molecule has 0 fully saturated rings. The van der Waals surface area contributed by atoms with Crippen molar-refractivity contribution >= 4 is 0 Å². The molecule has 0 saturated carbocycles. The third kappa shape index (κ3) is 3.55. The molecule has 3 aromatic carbocycles. The van der Waals surface area contributed by atoms with Crippen LogP contribution in [0.4, 0.5) is 13.2 Å². The van der Waals surface area contributed by atoms with Crippen LogP contribution in [-0.4, -0.2) is 0 Å². The van der Waals surface area contributed by atoms with Crippen LogP contribution in [0.15, 0.2) is 48.5 Å². The first-order valence-corrected chi connectivity index (χ1v) is 9.47. The summed E-state index contributed by atoms with van der Waals surface area (Å²) >= 11 is 0. The van der Waals surface area contributed by atoms with E-state index in [2.05, 4.69) is 37.0 Å². The molecule has 28 heavy (non-hydrogen) atoms. The van der Waals surface area contributed by atoms with E-state index >= 15 is 0 Å². The number of benzene rings is 3. The molecule has 0 aliphatic heterocycles. The Morgan fingerprint density at radius 2 is 1.43 bits per heavy atom. The summed E-state index contributed by atoms with van der Waals surface area (Å²) in [5.74, 6) is 1.71. The topological polar surface area (TPSA) is 0 Å². The van der Waals surface area contributed by atoms with Crippen LogP contribution in [0, 0.1) is 29.3 Å². The molecule has 0 unspecified atom stereocenters. The second-order valence-corrected chi connectivity index (χ2v) is 7.15. The van der Waals surface area contributed by atoms with E-state index in [1.165, 1.54) is 40.7 Å². The van der Waals surface area contributed by atoms with Crippen molar-refractivity contribution in [3.63, 3.8) is 0 Å². The summed E-state index contributed by atoms with van der Waals surface area (Å²) in [6.45, 7) is 2.19. The number of hydrogen-bond donors (Lipinski definition) is 0. The second-order valence-electron chi connectivity index (χ2n) is 7.15. The van der Waals surface area contributed by atoms with E-state index in [9.17, 15) is 13.2 Å². The molecule has 0 spiro atoms. The van der Waals surface area contributed by atoms with Crippen LogP contribution in [0.2, 0.25) is 0 Å². The minimum absolute atomic E-state index is 0.112. The molecule has 0 heterocycles. The van der Waals surface area contributed by atoms with Crippen molar-refractivity contribution in [2.24, 2.45) is 0 Å². The zero-order valence-corrected chi connectivity index (χ0v) is 15.6. The zero-order valence-electron chi connectivity index (χ0n) is 15.6. The van der Waals surface area contributed by atoms with Gasteiger partial charge in [0.25, 0.3) is 0 Å². The Kier molecular flexibility index (Phi) is 4.96. The molecule has 0 nitrogen and oxygen atoms in total. The SMILES string of the molecule is CCCCc1ccc2c(c1)Cc1cc(C#Cc3cc(F)c(F)c(F)c3)ccc1-2. The Bertz CT molecular complexity index is 1090. The van der Waals surface area contributed by atoms with Crippen molar-refractivity contribution in [1.82, 2.24) is 0 Å². The highest BCUT2D eigenvalue weighted by Crippen LogP contribution is 2.37. The predicted octanol–water partition coefficient (Wildman–Crippen LogP) is 6.42. The molecular formula is C25H19F3. The average molecular weight is 376 g/mol. The Balaban J connectivity index is 1.60. The monoisotopic (exact) mass is 376 g/mol. The van der Waals surface area contributed by atoms with Crippen LogP contribution in [0.1, 0.15) is 47.6 Å². The summed E-state index contributed by atoms with van der Waals surface area (Å²) in [7, 11) is 0. The lowest BCUT2D eigenvalue weighted by Crippen LogP contribution is -1.91. The minimum atomic E-state index is -1.47. The third-order valence-electron chi connectivity index (χ3n) is 5.10. The van der Waals surface area contributed by atoms with Crippen molar-refractivity contribution in [3.8, 4) is 23.0 Å². The molecule has 0 N–H and O–H groups in total. The first-order chi connectivity index (χ1) is 13.5. The van der Waals surface area contributed by atoms with Crippen LogP contribution in [0.3, 0.4) is 0 Å². The van der Waals surface area contributed by atoms with Crippen molar-refractivity contribution in [2.75, 3.05) is 0 Å². The first-order valence-electron chi connectivity index (χ1n) is 9.47. The molecular weight excluding hydrogens is 357 g/mol. The summed E-state index contributed by atoms with van der Waals surface area (Å²) in [4.78, 5) is 0. The van der Waals surface area contributed by atoms with Crippen LogP contribution in [-0.2, 0) is 12.8 Å². The van der Waals surface area contributed by atoms with Gasteiger partial charge in [-0.25, -0.2) is 13.2 Å². The summed E-state index contributed by atoms with van der Waals surface area (Å²) in [6.07, 6.45) is 4.33. The highest BCUT2D eigenvalue weighted by atomic mass is 19.2. The summed E-state index contributed by atoms with van der Waals surface area (Å²) in [5.41, 5.74) is 7.25. The number of hydrogen-bond acceptors (Lipinski definition) is 0. The quantitative estimate of drug-likeness (QED) is 0.286. The van der Waals surface area contributed by atoms with Gasteiger partial charge >= 0.3 is 0 Å². The summed E-state index contributed by atoms with van der Waals surface area (Å²) in [6, 6.07) is 14.5. The maximum absolute atomic E-state index is 13.3. The van der Waals surface area contributed by atoms with Crippen molar-refractivity contribution < 1.29 is 13.2 Å². The van der Waals surface area contributed by atoms with Crippen LogP contribution < -0.4 is 0 Å². The lowest BCUT2D eigenvalue weighted by Gasteiger charge is -2.04. The van der Waals surface area contributed by atoms with E-state index in [1.54, 1.807) is 0 Å². The number of halogens is 3. The lowest BCUT2D eigenvalue weighted by atomic mass is 10.0. The Hall–Kier alpha value is -2.99. The van der Waals surface area contributed by atoms with Gasteiger partial charge in [-0.05, 0) is 71.3 Å². The van der Waals surface area contributed by atoms with Gasteiger partial charge < -0.3 is 0 Å². The van der Waals surface area contributed by atoms with Crippen molar-refractivity contribution in [3.05, 3.63) is 93.8 Å². The molecule has 3 aromatic rings. The van der Waals surface area contributed by atoms with E-state index in [1.807, 2.05) is 18.2 Å². The Labute approximate surface area is 163 Å². The first kappa shape index (κ1) is 18.4. The van der Waals surface area contributed by atoms with Crippen molar-refractivity contribution in [1.29, 1.82) is 0 Å². The van der Waals surface area contributed by atoms with Crippen LogP contribution >= 0.6 is 0 Å². The van der Waals surface area contributed by atoms with Gasteiger partial charge in [0.05, 0.1) is 0 Å². The Morgan fingerprint density at radius 1 is 0.786 bits per heavy atom. The fourth-order valence-electron chi connectivity index (χ4n) is 3.65. The molecule has 3 heteroatoms. The molecule has 0 amide bonds. The number of unbranched alkanes of at least 4 members (excludes halogenated alkanes) is 1. The summed E-state index contributed by atoms with van der Waals surface area (Å²) in [5, 5.41) is 0. The van der Waals surface area contributed by atoms with Gasteiger partial charge in [0.1, 0.15) is 0 Å². The third-order valence-corrected chi connectivity index (χ3v) is 5.10. The molecule has 0 bridgehead atoms. The van der Waals surface area contributed by atoms with Gasteiger partial charge in [0.15, 0.2) is 17.5 Å². The number of aryl methyl sites for hydroxylation is 1. The number of rotatable bonds is 3. The van der Waals surface area contributed by atoms with Crippen LogP contribution in [0.25, 0.3) is 11.1 Å². The van der Waals surface area contributed by atoms with Gasteiger partial charge in [-0.15, -0.1) is 0 Å². The van der Waals surface area contributed by atoms with Gasteiger partial charge in [-0.3, -0.25) is 0 Å². The highest BCUT2D eigenvalue weighted by Gasteiger charge is 2.18. The van der Waals surface area contributed by atoms with Gasteiger partial charge in [0, 0.05) is 11.1 Å². The Morgan fingerprint density at radius 3 is 2.14 bits per heavy atom. The van der Waals surface area contributed by atoms with E-state index in [-0.39, 0.29) is 5.56 Å². The van der Waals surface area contributed by atoms with E-state index in [0.717, 1.165) is 30.5 Å². The van der Waals surface area contributed by atoms with E-state index < -0.39 is 17.5 Å². The van der Waals surface area contributed by atoms with E-state index in [0.29, 0.717) is 0 Å². The predicted molar refractivity (Wildman–Crippen MR) is 106 cm³/mol. The fourth-order valence-corrected chi connectivity index (χ4v) is 3.65. The molecule has 1 aliphatic carbocycles. The average Bonchev–Trinajstić information content (AvgIpc) is 3.05. The molecule has 0 radical (unpaired) electrons. The van der Waals surface area contributed by atoms with E-state index in [4.69, 9.17) is 0 Å². The standard InChI is InChI=1S/C25H19F3/c1-2-3-4-16-7-9-21-19(11-16)15-20-12-17(8-10-22(20)21)5-6-18-13-23(26)25(28)24(27)14-18/h7-14H,2-4,15H2,1H3. The molecule has 0 saturated heterocycles. The maximum atomic E-state index is 13.3. The van der Waals surface area contributed by atoms with Gasteiger partial charge in [-0.2, -0.15) is 0 Å². The molecule has 0 aromatic heterocycles. The maximum Gasteiger partial charge on any atom is 0.194 e. The van der Waals surface area contributed by atoms with Crippen LogP contribution in [0.5, 0.6) is 0 Å². The fraction of sp³-hybridized carbons (Fsp3) is 0.200. The molecule has 140 valence electrons. The van der Waals surface area contributed by atoms with Gasteiger partial charge in [-0.1, -0.05) is 49.5 Å². The molecule has 1 aliphatic rings. The normalized spacial score (nSPS) is 11.6. The molecule has 4 rings (SSSR count). The van der Waals surface area contributed by atoms with Crippen molar-refractivity contribution in [2.45, 2.75) is 32.6 Å². The van der Waals surface area contributed by atoms with Gasteiger partial charge in [0.2, 0.25) is 0 Å². The second kappa shape index (κ2) is 7.56. The lowest BCUT2D eigenvalue weighted by molar-refractivity contribution is 0.446. The zero-order chi connectivity index (χ0) is 19.7. The minimum Gasteiger partial charge on any atom is -0.204 e. The smallest absolute Gasteiger partial charge is 0.194 e. The number of fused-ring (bicyclic) bond motifs is 3. The highest BCUT2D eigenvalue weighted by molar-refractivity contribution is 5.77.